The van der Waals surface area contributed by atoms with Gasteiger partial charge in [-0.05, 0) is 23.3 Å². The molecule has 2 aliphatic heterocycles. The maximum atomic E-state index is 11.9. The third kappa shape index (κ3) is 2.96. The molecule has 6 rings (SSSR count). The molecule has 0 radical (unpaired) electrons. The fraction of sp³-hybridized carbons (Fsp3) is 0.385. The SMILES string of the molecule is CN1C(=O)[C@@H]2[C@H](C1=O)C2(C)c1cccc(N)c1.CN1C(=O)[C@@H]2[C@H](C1=O)C2(C)c1cccc([N+](=O)[O-])c1. The minimum absolute atomic E-state index is 0.0167. The van der Waals surface area contributed by atoms with Crippen LogP contribution < -0.4 is 5.73 Å². The fourth-order valence-electron chi connectivity index (χ4n) is 6.22. The first-order valence-corrected chi connectivity index (χ1v) is 11.6. The van der Waals surface area contributed by atoms with E-state index in [0.29, 0.717) is 11.3 Å². The fourth-order valence-corrected chi connectivity index (χ4v) is 6.22. The normalized spacial score (nSPS) is 33.7. The number of benzene rings is 2. The lowest BCUT2D eigenvalue weighted by atomic mass is 9.91. The maximum absolute atomic E-state index is 11.9. The van der Waals surface area contributed by atoms with Crippen molar-refractivity contribution in [2.75, 3.05) is 19.8 Å². The van der Waals surface area contributed by atoms with Gasteiger partial charge in [0.05, 0.1) is 28.6 Å². The van der Waals surface area contributed by atoms with E-state index in [9.17, 15) is 29.3 Å². The zero-order chi connectivity index (χ0) is 26.3. The van der Waals surface area contributed by atoms with E-state index >= 15 is 0 Å². The van der Waals surface area contributed by atoms with Crippen molar-refractivity contribution in [3.8, 4) is 0 Å². The van der Waals surface area contributed by atoms with Gasteiger partial charge in [0.1, 0.15) is 0 Å². The van der Waals surface area contributed by atoms with Crippen molar-refractivity contribution in [3.63, 3.8) is 0 Å². The number of likely N-dealkylation sites (tertiary alicyclic amines) is 2. The molecule has 186 valence electrons. The van der Waals surface area contributed by atoms with E-state index in [1.165, 1.54) is 24.1 Å². The molecule has 10 heteroatoms. The summed E-state index contributed by atoms with van der Waals surface area (Å²) >= 11 is 0. The number of imide groups is 2. The smallest absolute Gasteiger partial charge is 0.269 e. The number of carbonyl (C=O) groups excluding carboxylic acids is 4. The minimum atomic E-state index is -0.591. The van der Waals surface area contributed by atoms with Gasteiger partial charge in [-0.3, -0.25) is 39.1 Å². The Morgan fingerprint density at radius 2 is 1.14 bits per heavy atom. The molecular formula is C26H26N4O6. The molecule has 4 amide bonds. The van der Waals surface area contributed by atoms with Gasteiger partial charge in [0.2, 0.25) is 23.6 Å². The van der Waals surface area contributed by atoms with Crippen molar-refractivity contribution in [2.45, 2.75) is 24.7 Å². The molecule has 2 saturated carbocycles. The summed E-state index contributed by atoms with van der Waals surface area (Å²) in [6.07, 6.45) is 0. The number of rotatable bonds is 3. The zero-order valence-corrected chi connectivity index (χ0v) is 20.3. The molecule has 0 aromatic heterocycles. The average molecular weight is 491 g/mol. The van der Waals surface area contributed by atoms with Crippen molar-refractivity contribution in [1.29, 1.82) is 0 Å². The Morgan fingerprint density at radius 1 is 0.750 bits per heavy atom. The van der Waals surface area contributed by atoms with E-state index in [4.69, 9.17) is 5.73 Å². The van der Waals surface area contributed by atoms with Crippen LogP contribution in [-0.4, -0.2) is 52.4 Å². The van der Waals surface area contributed by atoms with Crippen LogP contribution in [0.15, 0.2) is 48.5 Å². The number of piperidine rings is 2. The van der Waals surface area contributed by atoms with Crippen LogP contribution in [0.4, 0.5) is 11.4 Å². The zero-order valence-electron chi connectivity index (χ0n) is 20.3. The molecule has 2 aromatic rings. The third-order valence-corrected chi connectivity index (χ3v) is 8.61. The van der Waals surface area contributed by atoms with Crippen LogP contribution in [0.5, 0.6) is 0 Å². The standard InChI is InChI=1S/C13H12N2O4.C13H14N2O2/c1-13(7-4-3-5-8(6-7)15(18)19)9-10(13)12(17)14(2)11(9)16;1-13(7-4-3-5-8(14)6-7)9-10(13)12(17)15(2)11(9)16/h3-6,9-10H,1-2H3;3-6,9-10H,14H2,1-2H3/t2*9-,10+,13?. The van der Waals surface area contributed by atoms with E-state index in [0.717, 1.165) is 10.5 Å². The second-order valence-corrected chi connectivity index (χ2v) is 10.4. The number of non-ortho nitro benzene ring substituents is 1. The predicted molar refractivity (Wildman–Crippen MR) is 128 cm³/mol. The van der Waals surface area contributed by atoms with Crippen molar-refractivity contribution < 1.29 is 24.1 Å². The number of anilines is 1. The molecule has 6 atom stereocenters. The Kier molecular flexibility index (Phi) is 4.90. The van der Waals surface area contributed by atoms with Crippen LogP contribution in [0.3, 0.4) is 0 Å². The quantitative estimate of drug-likeness (QED) is 0.299. The number of hydrogen-bond donors (Lipinski definition) is 1. The van der Waals surface area contributed by atoms with Crippen LogP contribution in [0.1, 0.15) is 25.0 Å². The van der Waals surface area contributed by atoms with Crippen molar-refractivity contribution in [1.82, 2.24) is 9.80 Å². The first-order chi connectivity index (χ1) is 16.9. The molecule has 2 unspecified atom stereocenters. The van der Waals surface area contributed by atoms with Crippen LogP contribution in [0, 0.1) is 33.8 Å². The second kappa shape index (κ2) is 7.46. The molecule has 2 N–H and O–H groups in total. The number of fused-ring (bicyclic) bond motifs is 2. The Hall–Kier alpha value is -4.08. The molecule has 4 fully saturated rings. The topological polar surface area (TPSA) is 144 Å². The van der Waals surface area contributed by atoms with E-state index in [-0.39, 0.29) is 58.4 Å². The monoisotopic (exact) mass is 490 g/mol. The van der Waals surface area contributed by atoms with Crippen molar-refractivity contribution in [2.24, 2.45) is 23.7 Å². The van der Waals surface area contributed by atoms with Gasteiger partial charge in [-0.15, -0.1) is 0 Å². The lowest BCUT2D eigenvalue weighted by molar-refractivity contribution is -0.384. The highest BCUT2D eigenvalue weighted by atomic mass is 16.6. The molecule has 2 aromatic carbocycles. The number of nitrogens with two attached hydrogens (primary N) is 1. The molecular weight excluding hydrogens is 464 g/mol. The van der Waals surface area contributed by atoms with Gasteiger partial charge < -0.3 is 5.73 Å². The number of hydrogen-bond acceptors (Lipinski definition) is 7. The predicted octanol–water partition coefficient (Wildman–Crippen LogP) is 1.87. The largest absolute Gasteiger partial charge is 0.399 e. The molecule has 4 aliphatic rings. The van der Waals surface area contributed by atoms with E-state index in [2.05, 4.69) is 0 Å². The molecule has 0 spiro atoms. The average Bonchev–Trinajstić information content (AvgIpc) is 3.64. The molecule has 2 aliphatic carbocycles. The Bertz CT molecular complexity index is 1330. The highest BCUT2D eigenvalue weighted by Crippen LogP contribution is 2.65. The lowest BCUT2D eigenvalue weighted by Gasteiger charge is -2.19. The number of nitro benzene ring substituents is 1. The van der Waals surface area contributed by atoms with Crippen LogP contribution in [-0.2, 0) is 30.0 Å². The Labute approximate surface area is 207 Å². The number of carbonyl (C=O) groups is 4. The first kappa shape index (κ1) is 23.7. The van der Waals surface area contributed by atoms with Crippen molar-refractivity contribution >= 4 is 35.0 Å². The van der Waals surface area contributed by atoms with Gasteiger partial charge >= 0.3 is 0 Å². The molecule has 2 saturated heterocycles. The summed E-state index contributed by atoms with van der Waals surface area (Å²) in [6, 6.07) is 13.7. The van der Waals surface area contributed by atoms with Gasteiger partial charge in [0.25, 0.3) is 5.69 Å². The maximum Gasteiger partial charge on any atom is 0.269 e. The Morgan fingerprint density at radius 3 is 1.53 bits per heavy atom. The van der Waals surface area contributed by atoms with Crippen LogP contribution in [0.2, 0.25) is 0 Å². The van der Waals surface area contributed by atoms with Crippen molar-refractivity contribution in [3.05, 3.63) is 69.8 Å². The molecule has 36 heavy (non-hydrogen) atoms. The summed E-state index contributed by atoms with van der Waals surface area (Å²) in [5.74, 6) is -1.63. The van der Waals surface area contributed by atoms with E-state index in [1.807, 2.05) is 32.0 Å². The third-order valence-electron chi connectivity index (χ3n) is 8.61. The van der Waals surface area contributed by atoms with Gasteiger partial charge in [-0.2, -0.15) is 0 Å². The highest BCUT2D eigenvalue weighted by Gasteiger charge is 2.75. The molecule has 2 heterocycles. The van der Waals surface area contributed by atoms with Gasteiger partial charge in [-0.1, -0.05) is 38.1 Å². The van der Waals surface area contributed by atoms with E-state index < -0.39 is 10.3 Å². The number of nitrogens with zero attached hydrogens (tertiary/aromatic N) is 3. The number of nitro groups is 1. The van der Waals surface area contributed by atoms with E-state index in [1.54, 1.807) is 25.2 Å². The van der Waals surface area contributed by atoms with Gasteiger partial charge in [0, 0.05) is 42.7 Å². The lowest BCUT2D eigenvalue weighted by Crippen LogP contribution is -2.34. The van der Waals surface area contributed by atoms with Gasteiger partial charge in [0.15, 0.2) is 0 Å². The van der Waals surface area contributed by atoms with Crippen LogP contribution >= 0.6 is 0 Å². The van der Waals surface area contributed by atoms with Crippen LogP contribution in [0.25, 0.3) is 0 Å². The Balaban J connectivity index is 0.000000149. The molecule has 0 bridgehead atoms. The second-order valence-electron chi connectivity index (χ2n) is 10.4. The molecule has 10 nitrogen and oxygen atoms in total. The highest BCUT2D eigenvalue weighted by molar-refractivity contribution is 6.12. The summed E-state index contributed by atoms with van der Waals surface area (Å²) in [5, 5.41) is 10.8. The summed E-state index contributed by atoms with van der Waals surface area (Å²) in [7, 11) is 3.03. The minimum Gasteiger partial charge on any atom is -0.399 e. The first-order valence-electron chi connectivity index (χ1n) is 11.6. The summed E-state index contributed by atoms with van der Waals surface area (Å²) in [6.45, 7) is 3.80. The van der Waals surface area contributed by atoms with Gasteiger partial charge in [-0.25, -0.2) is 0 Å². The summed E-state index contributed by atoms with van der Waals surface area (Å²) in [4.78, 5) is 60.4. The number of amides is 4. The summed E-state index contributed by atoms with van der Waals surface area (Å²) < 4.78 is 0. The number of nitrogen functional groups attached to an aromatic ring is 1. The summed E-state index contributed by atoms with van der Waals surface area (Å²) in [5.41, 5.74) is 7.13.